The Morgan fingerprint density at radius 3 is 2.24 bits per heavy atom. The molecule has 6 heteroatoms. The predicted molar refractivity (Wildman–Crippen MR) is 113 cm³/mol. The maximum absolute atomic E-state index is 12.7. The molecule has 144 valence electrons. The SMILES string of the molecule is CSc1ccccc1NC(=O)c1cccc(CN2C(=O)c3ccccc3C2=O)c1. The lowest BCUT2D eigenvalue weighted by Gasteiger charge is -2.15. The number of hydrogen-bond acceptors (Lipinski definition) is 4. The highest BCUT2D eigenvalue weighted by atomic mass is 32.2. The summed E-state index contributed by atoms with van der Waals surface area (Å²) in [6, 6.07) is 21.4. The number of carbonyl (C=O) groups is 3. The van der Waals surface area contributed by atoms with Crippen molar-refractivity contribution in [1.82, 2.24) is 4.90 Å². The highest BCUT2D eigenvalue weighted by molar-refractivity contribution is 7.98. The first kappa shape index (κ1) is 19.0. The van der Waals surface area contributed by atoms with Gasteiger partial charge in [0.15, 0.2) is 0 Å². The summed E-state index contributed by atoms with van der Waals surface area (Å²) in [5.41, 5.74) is 2.76. The van der Waals surface area contributed by atoms with E-state index in [1.165, 1.54) is 4.90 Å². The van der Waals surface area contributed by atoms with Gasteiger partial charge in [0.05, 0.1) is 23.4 Å². The molecule has 0 spiro atoms. The minimum atomic E-state index is -0.311. The van der Waals surface area contributed by atoms with Crippen LogP contribution in [0.15, 0.2) is 77.7 Å². The van der Waals surface area contributed by atoms with Crippen molar-refractivity contribution in [2.75, 3.05) is 11.6 Å². The number of amides is 3. The number of carbonyl (C=O) groups excluding carboxylic acids is 3. The lowest BCUT2D eigenvalue weighted by molar-refractivity contribution is 0.0642. The maximum Gasteiger partial charge on any atom is 0.261 e. The minimum Gasteiger partial charge on any atom is -0.321 e. The van der Waals surface area contributed by atoms with Crippen LogP contribution >= 0.6 is 11.8 Å². The van der Waals surface area contributed by atoms with Crippen LogP contribution in [0.4, 0.5) is 5.69 Å². The molecule has 0 fully saturated rings. The number of thioether (sulfide) groups is 1. The van der Waals surface area contributed by atoms with E-state index < -0.39 is 0 Å². The van der Waals surface area contributed by atoms with Crippen molar-refractivity contribution < 1.29 is 14.4 Å². The molecule has 29 heavy (non-hydrogen) atoms. The van der Waals surface area contributed by atoms with Crippen LogP contribution < -0.4 is 5.32 Å². The first-order valence-electron chi connectivity index (χ1n) is 9.07. The number of hydrogen-bond donors (Lipinski definition) is 1. The van der Waals surface area contributed by atoms with Crippen molar-refractivity contribution in [2.45, 2.75) is 11.4 Å². The molecule has 4 rings (SSSR count). The average Bonchev–Trinajstić information content (AvgIpc) is 2.99. The van der Waals surface area contributed by atoms with Gasteiger partial charge in [-0.1, -0.05) is 36.4 Å². The summed E-state index contributed by atoms with van der Waals surface area (Å²) in [6.07, 6.45) is 1.95. The second kappa shape index (κ2) is 7.93. The molecule has 3 aromatic rings. The Hall–Kier alpha value is -3.38. The van der Waals surface area contributed by atoms with Crippen molar-refractivity contribution >= 4 is 35.2 Å². The summed E-state index contributed by atoms with van der Waals surface area (Å²) in [5, 5.41) is 2.92. The van der Waals surface area contributed by atoms with E-state index in [-0.39, 0.29) is 24.3 Å². The molecule has 3 aromatic carbocycles. The molecular formula is C23H18N2O3S. The van der Waals surface area contributed by atoms with Gasteiger partial charge in [-0.15, -0.1) is 11.8 Å². The number of benzene rings is 3. The Morgan fingerprint density at radius 2 is 1.55 bits per heavy atom. The second-order valence-electron chi connectivity index (χ2n) is 6.60. The van der Waals surface area contributed by atoms with E-state index in [0.717, 1.165) is 10.6 Å². The maximum atomic E-state index is 12.7. The molecule has 0 aliphatic carbocycles. The highest BCUT2D eigenvalue weighted by Crippen LogP contribution is 2.26. The van der Waals surface area contributed by atoms with Gasteiger partial charge in [-0.2, -0.15) is 0 Å². The van der Waals surface area contributed by atoms with Crippen LogP contribution in [0.1, 0.15) is 36.6 Å². The number of fused-ring (bicyclic) bond motifs is 1. The first-order valence-corrected chi connectivity index (χ1v) is 10.3. The summed E-state index contributed by atoms with van der Waals surface area (Å²) in [5.74, 6) is -0.862. The predicted octanol–water partition coefficient (Wildman–Crippen LogP) is 4.46. The van der Waals surface area contributed by atoms with E-state index in [1.54, 1.807) is 60.3 Å². The number of imide groups is 1. The standard InChI is InChI=1S/C23H18N2O3S/c1-29-20-12-5-4-11-19(20)24-21(26)16-8-6-7-15(13-16)14-25-22(27)17-9-2-3-10-18(17)23(25)28/h2-13H,14H2,1H3,(H,24,26). The third kappa shape index (κ3) is 3.67. The number of anilines is 1. The molecule has 5 nitrogen and oxygen atoms in total. The van der Waals surface area contributed by atoms with E-state index in [9.17, 15) is 14.4 Å². The monoisotopic (exact) mass is 402 g/mol. The third-order valence-corrected chi connectivity index (χ3v) is 5.56. The molecular weight excluding hydrogens is 384 g/mol. The van der Waals surface area contributed by atoms with E-state index in [0.29, 0.717) is 22.3 Å². The molecule has 1 aliphatic rings. The van der Waals surface area contributed by atoms with Gasteiger partial charge in [0.1, 0.15) is 0 Å². The molecule has 0 saturated carbocycles. The Kier molecular flexibility index (Phi) is 5.18. The van der Waals surface area contributed by atoms with Crippen LogP contribution in [-0.2, 0) is 6.54 Å². The van der Waals surface area contributed by atoms with Crippen LogP contribution in [0.3, 0.4) is 0 Å². The number of nitrogens with one attached hydrogen (secondary N) is 1. The van der Waals surface area contributed by atoms with Gasteiger partial charge in [-0.3, -0.25) is 19.3 Å². The Morgan fingerprint density at radius 1 is 0.897 bits per heavy atom. The summed E-state index contributed by atoms with van der Waals surface area (Å²) < 4.78 is 0. The summed E-state index contributed by atoms with van der Waals surface area (Å²) in [6.45, 7) is 0.120. The fourth-order valence-electron chi connectivity index (χ4n) is 3.32. The van der Waals surface area contributed by atoms with Gasteiger partial charge in [0.25, 0.3) is 17.7 Å². The van der Waals surface area contributed by atoms with E-state index in [4.69, 9.17) is 0 Å². The van der Waals surface area contributed by atoms with Gasteiger partial charge in [-0.05, 0) is 48.2 Å². The van der Waals surface area contributed by atoms with E-state index >= 15 is 0 Å². The van der Waals surface area contributed by atoms with Crippen LogP contribution in [0.2, 0.25) is 0 Å². The van der Waals surface area contributed by atoms with Crippen LogP contribution in [0.5, 0.6) is 0 Å². The van der Waals surface area contributed by atoms with Crippen LogP contribution in [0.25, 0.3) is 0 Å². The van der Waals surface area contributed by atoms with Crippen molar-refractivity contribution in [3.8, 4) is 0 Å². The highest BCUT2D eigenvalue weighted by Gasteiger charge is 2.34. The summed E-state index contributed by atoms with van der Waals surface area (Å²) in [7, 11) is 0. The quantitative estimate of drug-likeness (QED) is 0.506. The fraction of sp³-hybridized carbons (Fsp3) is 0.0870. The van der Waals surface area contributed by atoms with Crippen molar-refractivity contribution in [1.29, 1.82) is 0 Å². The topological polar surface area (TPSA) is 66.5 Å². The molecule has 0 unspecified atom stereocenters. The zero-order valence-electron chi connectivity index (χ0n) is 15.7. The molecule has 1 aliphatic heterocycles. The van der Waals surface area contributed by atoms with Crippen LogP contribution in [-0.4, -0.2) is 28.9 Å². The molecule has 3 amide bonds. The Bertz CT molecular complexity index is 1090. The van der Waals surface area contributed by atoms with Crippen LogP contribution in [0, 0.1) is 0 Å². The zero-order chi connectivity index (χ0) is 20.4. The van der Waals surface area contributed by atoms with Crippen molar-refractivity contribution in [2.24, 2.45) is 0 Å². The molecule has 0 aromatic heterocycles. The molecule has 1 N–H and O–H groups in total. The molecule has 0 bridgehead atoms. The lowest BCUT2D eigenvalue weighted by Crippen LogP contribution is -2.29. The fourth-order valence-corrected chi connectivity index (χ4v) is 3.87. The zero-order valence-corrected chi connectivity index (χ0v) is 16.5. The second-order valence-corrected chi connectivity index (χ2v) is 7.44. The van der Waals surface area contributed by atoms with Crippen molar-refractivity contribution in [3.63, 3.8) is 0 Å². The lowest BCUT2D eigenvalue weighted by atomic mass is 10.1. The van der Waals surface area contributed by atoms with E-state index in [1.807, 2.05) is 30.5 Å². The first-order chi connectivity index (χ1) is 14.1. The Balaban J connectivity index is 1.53. The smallest absolute Gasteiger partial charge is 0.261 e. The van der Waals surface area contributed by atoms with Gasteiger partial charge in [0, 0.05) is 10.5 Å². The van der Waals surface area contributed by atoms with Gasteiger partial charge in [0.2, 0.25) is 0 Å². The number of para-hydroxylation sites is 1. The minimum absolute atomic E-state index is 0.120. The molecule has 0 radical (unpaired) electrons. The molecule has 1 heterocycles. The van der Waals surface area contributed by atoms with Gasteiger partial charge in [-0.25, -0.2) is 0 Å². The summed E-state index contributed by atoms with van der Waals surface area (Å²) >= 11 is 1.56. The normalized spacial score (nSPS) is 12.8. The van der Waals surface area contributed by atoms with Gasteiger partial charge >= 0.3 is 0 Å². The number of rotatable bonds is 5. The molecule has 0 saturated heterocycles. The largest absolute Gasteiger partial charge is 0.321 e. The average molecular weight is 402 g/mol. The summed E-state index contributed by atoms with van der Waals surface area (Å²) in [4.78, 5) is 40.0. The molecule has 0 atom stereocenters. The third-order valence-electron chi connectivity index (χ3n) is 4.76. The number of nitrogens with zero attached hydrogens (tertiary/aromatic N) is 1. The Labute approximate surface area is 172 Å². The van der Waals surface area contributed by atoms with Crippen molar-refractivity contribution in [3.05, 3.63) is 95.1 Å². The van der Waals surface area contributed by atoms with E-state index in [2.05, 4.69) is 5.32 Å². The van der Waals surface area contributed by atoms with Gasteiger partial charge < -0.3 is 5.32 Å².